The third kappa shape index (κ3) is 4.97. The molecule has 29 heavy (non-hydrogen) atoms. The minimum Gasteiger partial charge on any atom is -0.455 e. The van der Waals surface area contributed by atoms with Gasteiger partial charge in [0.1, 0.15) is 5.69 Å². The van der Waals surface area contributed by atoms with Crippen LogP contribution in [-0.4, -0.2) is 33.6 Å². The number of rotatable bonds is 7. The Morgan fingerprint density at radius 2 is 1.66 bits per heavy atom. The van der Waals surface area contributed by atoms with Crippen molar-refractivity contribution in [3.8, 4) is 5.69 Å². The molecule has 0 saturated carbocycles. The van der Waals surface area contributed by atoms with E-state index >= 15 is 0 Å². The lowest BCUT2D eigenvalue weighted by Crippen LogP contribution is -2.26. The van der Waals surface area contributed by atoms with Crippen molar-refractivity contribution in [1.82, 2.24) is 9.36 Å². The van der Waals surface area contributed by atoms with E-state index in [4.69, 9.17) is 4.74 Å². The van der Waals surface area contributed by atoms with Crippen molar-refractivity contribution in [2.75, 3.05) is 17.7 Å². The highest BCUT2D eigenvalue weighted by Gasteiger charge is 2.18. The Morgan fingerprint density at radius 3 is 2.31 bits per heavy atom. The second-order valence-corrected chi connectivity index (χ2v) is 7.30. The van der Waals surface area contributed by atoms with Crippen molar-refractivity contribution < 1.29 is 14.3 Å². The average molecular weight is 411 g/mol. The van der Waals surface area contributed by atoms with Crippen LogP contribution in [0, 0.1) is 6.92 Å². The van der Waals surface area contributed by atoms with Gasteiger partial charge in [-0.1, -0.05) is 36.4 Å². The number of amides is 1. The van der Waals surface area contributed by atoms with Gasteiger partial charge < -0.3 is 10.1 Å². The van der Waals surface area contributed by atoms with Gasteiger partial charge in [0.15, 0.2) is 6.61 Å². The summed E-state index contributed by atoms with van der Waals surface area (Å²) in [5.41, 5.74) is 1.10. The molecule has 1 heterocycles. The van der Waals surface area contributed by atoms with Crippen molar-refractivity contribution in [1.29, 1.82) is 0 Å². The molecule has 1 N–H and O–H groups in total. The van der Waals surface area contributed by atoms with Crippen LogP contribution in [0.15, 0.2) is 70.4 Å². The molecule has 2 aromatic carbocycles. The molecule has 0 unspecified atom stereocenters. The van der Waals surface area contributed by atoms with E-state index in [9.17, 15) is 14.4 Å². The summed E-state index contributed by atoms with van der Waals surface area (Å²) in [5.74, 6) is -0.961. The van der Waals surface area contributed by atoms with Gasteiger partial charge in [-0.3, -0.25) is 19.1 Å². The summed E-state index contributed by atoms with van der Waals surface area (Å²) >= 11 is 1.33. The molecular formula is C21H21N3O4S. The molecule has 1 amide bonds. The van der Waals surface area contributed by atoms with E-state index in [2.05, 4.69) is 5.32 Å². The topological polar surface area (TPSA) is 82.3 Å². The summed E-state index contributed by atoms with van der Waals surface area (Å²) in [4.78, 5) is 37.8. The van der Waals surface area contributed by atoms with E-state index in [1.807, 2.05) is 48.5 Å². The maximum atomic E-state index is 12.8. The van der Waals surface area contributed by atoms with E-state index in [-0.39, 0.29) is 17.0 Å². The number of nitrogens with one attached hydrogen (secondary N) is 1. The van der Waals surface area contributed by atoms with Gasteiger partial charge in [0, 0.05) is 11.9 Å². The summed E-state index contributed by atoms with van der Waals surface area (Å²) in [5, 5.41) is 2.56. The van der Waals surface area contributed by atoms with E-state index in [1.165, 1.54) is 16.4 Å². The van der Waals surface area contributed by atoms with Crippen LogP contribution in [-0.2, 0) is 21.4 Å². The number of carbonyl (C=O) groups is 2. The molecule has 8 heteroatoms. The zero-order valence-electron chi connectivity index (χ0n) is 16.1. The first-order valence-corrected chi connectivity index (χ1v) is 9.93. The summed E-state index contributed by atoms with van der Waals surface area (Å²) in [6.07, 6.45) is 0. The van der Waals surface area contributed by atoms with E-state index < -0.39 is 18.5 Å². The highest BCUT2D eigenvalue weighted by atomic mass is 32.2. The van der Waals surface area contributed by atoms with Gasteiger partial charge in [-0.15, -0.1) is 11.8 Å². The summed E-state index contributed by atoms with van der Waals surface area (Å²) in [6.45, 7) is 1.28. The number of benzene rings is 2. The normalized spacial score (nSPS) is 10.6. The van der Waals surface area contributed by atoms with Gasteiger partial charge in [-0.25, -0.2) is 4.68 Å². The minimum atomic E-state index is -0.561. The van der Waals surface area contributed by atoms with Crippen LogP contribution in [0.5, 0.6) is 0 Å². The Morgan fingerprint density at radius 1 is 1.03 bits per heavy atom. The lowest BCUT2D eigenvalue weighted by molar-refractivity contribution is -0.144. The number of para-hydroxylation sites is 1. The maximum absolute atomic E-state index is 12.8. The molecular weight excluding hydrogens is 390 g/mol. The smallest absolute Gasteiger partial charge is 0.316 e. The number of anilines is 1. The third-order valence-electron chi connectivity index (χ3n) is 4.28. The molecule has 0 aliphatic heterocycles. The minimum absolute atomic E-state index is 0.0997. The molecule has 0 radical (unpaired) electrons. The zero-order valence-corrected chi connectivity index (χ0v) is 16.9. The number of esters is 1. The number of carbonyl (C=O) groups excluding carboxylic acids is 2. The van der Waals surface area contributed by atoms with Crippen LogP contribution in [0.4, 0.5) is 5.69 Å². The van der Waals surface area contributed by atoms with Gasteiger partial charge in [-0.2, -0.15) is 0 Å². The SMILES string of the molecule is Cc1c(NC(=O)COC(=O)CSc2ccccc2)c(=O)n(-c2ccccc2)n1C. The van der Waals surface area contributed by atoms with Gasteiger partial charge in [0.05, 0.1) is 17.1 Å². The molecule has 0 saturated heterocycles. The average Bonchev–Trinajstić information content (AvgIpc) is 2.95. The summed E-state index contributed by atoms with van der Waals surface area (Å²) in [6, 6.07) is 18.6. The number of thioether (sulfide) groups is 1. The van der Waals surface area contributed by atoms with Gasteiger partial charge in [0.25, 0.3) is 11.5 Å². The van der Waals surface area contributed by atoms with Crippen molar-refractivity contribution in [2.45, 2.75) is 11.8 Å². The fourth-order valence-electron chi connectivity index (χ4n) is 2.73. The van der Waals surface area contributed by atoms with Crippen LogP contribution in [0.1, 0.15) is 5.69 Å². The predicted molar refractivity (Wildman–Crippen MR) is 113 cm³/mol. The maximum Gasteiger partial charge on any atom is 0.316 e. The lowest BCUT2D eigenvalue weighted by Gasteiger charge is -2.07. The fourth-order valence-corrected chi connectivity index (χ4v) is 3.45. The number of aromatic nitrogens is 2. The molecule has 0 spiro atoms. The Labute approximate surface area is 172 Å². The summed E-state index contributed by atoms with van der Waals surface area (Å²) in [7, 11) is 1.74. The first-order valence-electron chi connectivity index (χ1n) is 8.94. The Bertz CT molecular complexity index is 1060. The monoisotopic (exact) mass is 411 g/mol. The molecule has 0 bridgehead atoms. The van der Waals surface area contributed by atoms with E-state index in [1.54, 1.807) is 30.8 Å². The van der Waals surface area contributed by atoms with E-state index in [0.29, 0.717) is 11.4 Å². The Kier molecular flexibility index (Phi) is 6.56. The molecule has 3 aromatic rings. The first kappa shape index (κ1) is 20.5. The lowest BCUT2D eigenvalue weighted by atomic mass is 10.3. The van der Waals surface area contributed by atoms with Crippen LogP contribution in [0.25, 0.3) is 5.69 Å². The molecule has 3 rings (SSSR count). The largest absolute Gasteiger partial charge is 0.455 e. The molecule has 0 aliphatic carbocycles. The highest BCUT2D eigenvalue weighted by Crippen LogP contribution is 2.17. The second-order valence-electron chi connectivity index (χ2n) is 6.25. The van der Waals surface area contributed by atoms with Gasteiger partial charge >= 0.3 is 5.97 Å². The second kappa shape index (κ2) is 9.29. The van der Waals surface area contributed by atoms with Crippen LogP contribution in [0.2, 0.25) is 0 Å². The molecule has 1 aromatic heterocycles. The molecule has 0 aliphatic rings. The van der Waals surface area contributed by atoms with Crippen molar-refractivity contribution in [3.63, 3.8) is 0 Å². The van der Waals surface area contributed by atoms with E-state index in [0.717, 1.165) is 4.90 Å². The van der Waals surface area contributed by atoms with Crippen LogP contribution >= 0.6 is 11.8 Å². The number of hydrogen-bond donors (Lipinski definition) is 1. The molecule has 150 valence electrons. The Balaban J connectivity index is 1.60. The molecule has 0 atom stereocenters. The van der Waals surface area contributed by atoms with Gasteiger partial charge in [-0.05, 0) is 31.2 Å². The zero-order chi connectivity index (χ0) is 20.8. The van der Waals surface area contributed by atoms with Crippen LogP contribution < -0.4 is 10.9 Å². The van der Waals surface area contributed by atoms with Gasteiger partial charge in [0.2, 0.25) is 0 Å². The highest BCUT2D eigenvalue weighted by molar-refractivity contribution is 8.00. The predicted octanol–water partition coefficient (Wildman–Crippen LogP) is 2.76. The quantitative estimate of drug-likeness (QED) is 0.478. The number of nitrogens with zero attached hydrogens (tertiary/aromatic N) is 2. The number of ether oxygens (including phenoxy) is 1. The molecule has 7 nitrogen and oxygen atoms in total. The fraction of sp³-hybridized carbons (Fsp3) is 0.190. The van der Waals surface area contributed by atoms with Crippen molar-refractivity contribution in [3.05, 3.63) is 76.7 Å². The number of hydrogen-bond acceptors (Lipinski definition) is 5. The first-order chi connectivity index (χ1) is 14.0. The van der Waals surface area contributed by atoms with Crippen molar-refractivity contribution >= 4 is 29.3 Å². The standard InChI is InChI=1S/C21H21N3O4S/c1-15-20(21(27)24(23(15)2)16-9-5-3-6-10-16)22-18(25)13-28-19(26)14-29-17-11-7-4-8-12-17/h3-12H,13-14H2,1-2H3,(H,22,25). The summed E-state index contributed by atoms with van der Waals surface area (Å²) < 4.78 is 8.14. The van der Waals surface area contributed by atoms with Crippen LogP contribution in [0.3, 0.4) is 0 Å². The Hall–Kier alpha value is -3.26. The third-order valence-corrected chi connectivity index (χ3v) is 5.27. The van der Waals surface area contributed by atoms with Crippen molar-refractivity contribution in [2.24, 2.45) is 7.05 Å². The molecule has 0 fully saturated rings.